The maximum absolute atomic E-state index is 11.8. The van der Waals surface area contributed by atoms with Crippen molar-refractivity contribution in [2.75, 3.05) is 18.5 Å². The van der Waals surface area contributed by atoms with E-state index in [0.717, 1.165) is 41.7 Å². The van der Waals surface area contributed by atoms with Crippen molar-refractivity contribution in [3.05, 3.63) is 65.7 Å². The Bertz CT molecular complexity index is 722. The molecule has 0 spiro atoms. The SMILES string of the molecule is CCOC(N)=O.O=C(CCc1ccc(OCCCCBr)cc1)OCc1ccccc1. The van der Waals surface area contributed by atoms with Gasteiger partial charge in [-0.2, -0.15) is 0 Å². The number of ether oxygens (including phenoxy) is 3. The highest BCUT2D eigenvalue weighted by Gasteiger charge is 2.05. The third-order valence-electron chi connectivity index (χ3n) is 3.87. The van der Waals surface area contributed by atoms with Gasteiger partial charge in [-0.15, -0.1) is 0 Å². The molecule has 164 valence electrons. The summed E-state index contributed by atoms with van der Waals surface area (Å²) in [4.78, 5) is 21.4. The number of carbonyl (C=O) groups excluding carboxylic acids is 2. The van der Waals surface area contributed by atoms with Crippen LogP contribution in [-0.2, 0) is 27.3 Å². The number of nitrogens with two attached hydrogens (primary N) is 1. The van der Waals surface area contributed by atoms with Crippen LogP contribution in [0.1, 0.15) is 37.3 Å². The predicted molar refractivity (Wildman–Crippen MR) is 121 cm³/mol. The molecule has 0 aromatic heterocycles. The number of hydrogen-bond donors (Lipinski definition) is 1. The van der Waals surface area contributed by atoms with E-state index in [-0.39, 0.29) is 5.97 Å². The van der Waals surface area contributed by atoms with Gasteiger partial charge in [0.05, 0.1) is 13.2 Å². The summed E-state index contributed by atoms with van der Waals surface area (Å²) in [6.45, 7) is 3.12. The average Bonchev–Trinajstić information content (AvgIpc) is 2.76. The highest BCUT2D eigenvalue weighted by atomic mass is 79.9. The molecular weight excluding hydrogens is 450 g/mol. The lowest BCUT2D eigenvalue weighted by Crippen LogP contribution is -2.11. The maximum Gasteiger partial charge on any atom is 0.404 e. The fraction of sp³-hybridized carbons (Fsp3) is 0.391. The molecule has 0 aliphatic carbocycles. The zero-order chi connectivity index (χ0) is 22.0. The Morgan fingerprint density at radius 2 is 1.63 bits per heavy atom. The maximum atomic E-state index is 11.8. The average molecular weight is 480 g/mol. The summed E-state index contributed by atoms with van der Waals surface area (Å²) >= 11 is 3.41. The Balaban J connectivity index is 0.000000656. The number of halogens is 1. The molecule has 1 amide bonds. The van der Waals surface area contributed by atoms with Crippen LogP contribution in [0.5, 0.6) is 5.75 Å². The van der Waals surface area contributed by atoms with E-state index in [0.29, 0.717) is 26.1 Å². The van der Waals surface area contributed by atoms with Gasteiger partial charge in [-0.3, -0.25) is 4.79 Å². The molecular formula is C23H30BrNO5. The van der Waals surface area contributed by atoms with E-state index in [2.05, 4.69) is 26.4 Å². The largest absolute Gasteiger partial charge is 0.494 e. The van der Waals surface area contributed by atoms with E-state index in [4.69, 9.17) is 9.47 Å². The topological polar surface area (TPSA) is 87.9 Å². The van der Waals surface area contributed by atoms with Gasteiger partial charge >= 0.3 is 12.1 Å². The molecule has 0 bridgehead atoms. The van der Waals surface area contributed by atoms with Crippen LogP contribution in [0.2, 0.25) is 0 Å². The Morgan fingerprint density at radius 3 is 2.20 bits per heavy atom. The first-order valence-corrected chi connectivity index (χ1v) is 11.1. The van der Waals surface area contributed by atoms with Gasteiger partial charge < -0.3 is 19.9 Å². The minimum Gasteiger partial charge on any atom is -0.494 e. The fourth-order valence-electron chi connectivity index (χ4n) is 2.34. The molecule has 0 aliphatic heterocycles. The molecule has 0 saturated carbocycles. The molecule has 2 N–H and O–H groups in total. The first-order valence-electron chi connectivity index (χ1n) is 9.94. The third kappa shape index (κ3) is 12.8. The van der Waals surface area contributed by atoms with E-state index in [9.17, 15) is 9.59 Å². The Kier molecular flexibility index (Phi) is 13.8. The fourth-order valence-corrected chi connectivity index (χ4v) is 2.73. The predicted octanol–water partition coefficient (Wildman–Crippen LogP) is 5.02. The summed E-state index contributed by atoms with van der Waals surface area (Å²) in [5.74, 6) is 0.703. The van der Waals surface area contributed by atoms with Crippen LogP contribution in [0.3, 0.4) is 0 Å². The van der Waals surface area contributed by atoms with Crippen LogP contribution in [-0.4, -0.2) is 30.6 Å². The van der Waals surface area contributed by atoms with Crippen molar-refractivity contribution in [1.29, 1.82) is 0 Å². The van der Waals surface area contributed by atoms with E-state index in [1.54, 1.807) is 6.92 Å². The van der Waals surface area contributed by atoms with Crippen molar-refractivity contribution in [2.45, 2.75) is 39.2 Å². The van der Waals surface area contributed by atoms with Crippen molar-refractivity contribution in [3.63, 3.8) is 0 Å². The highest BCUT2D eigenvalue weighted by molar-refractivity contribution is 9.09. The number of unbranched alkanes of at least 4 members (excludes halogenated alkanes) is 1. The van der Waals surface area contributed by atoms with E-state index in [1.807, 2.05) is 54.6 Å². The lowest BCUT2D eigenvalue weighted by atomic mass is 10.1. The van der Waals surface area contributed by atoms with Crippen molar-refractivity contribution >= 4 is 28.0 Å². The monoisotopic (exact) mass is 479 g/mol. The van der Waals surface area contributed by atoms with Gasteiger partial charge in [-0.1, -0.05) is 58.4 Å². The molecule has 0 atom stereocenters. The van der Waals surface area contributed by atoms with E-state index in [1.165, 1.54) is 0 Å². The first-order chi connectivity index (χ1) is 14.5. The number of amides is 1. The van der Waals surface area contributed by atoms with Gasteiger partial charge in [0.25, 0.3) is 0 Å². The van der Waals surface area contributed by atoms with Crippen molar-refractivity contribution < 1.29 is 23.8 Å². The second-order valence-corrected chi connectivity index (χ2v) is 7.08. The zero-order valence-electron chi connectivity index (χ0n) is 17.3. The lowest BCUT2D eigenvalue weighted by molar-refractivity contribution is -0.144. The van der Waals surface area contributed by atoms with Crippen molar-refractivity contribution in [3.8, 4) is 5.75 Å². The zero-order valence-corrected chi connectivity index (χ0v) is 18.9. The molecule has 0 unspecified atom stereocenters. The Hall–Kier alpha value is -2.54. The number of carbonyl (C=O) groups is 2. The number of rotatable bonds is 11. The second-order valence-electron chi connectivity index (χ2n) is 6.29. The van der Waals surface area contributed by atoms with Gasteiger partial charge in [-0.25, -0.2) is 4.79 Å². The highest BCUT2D eigenvalue weighted by Crippen LogP contribution is 2.14. The van der Waals surface area contributed by atoms with Gasteiger partial charge in [0.1, 0.15) is 12.4 Å². The number of esters is 1. The van der Waals surface area contributed by atoms with Crippen LogP contribution in [0.25, 0.3) is 0 Å². The first kappa shape index (κ1) is 25.5. The second kappa shape index (κ2) is 16.3. The van der Waals surface area contributed by atoms with Crippen LogP contribution in [0, 0.1) is 0 Å². The van der Waals surface area contributed by atoms with Gasteiger partial charge in [0, 0.05) is 11.8 Å². The summed E-state index contributed by atoms with van der Waals surface area (Å²) in [6, 6.07) is 17.6. The molecule has 30 heavy (non-hydrogen) atoms. The van der Waals surface area contributed by atoms with Gasteiger partial charge in [0.15, 0.2) is 0 Å². The molecule has 0 aliphatic rings. The Morgan fingerprint density at radius 1 is 0.933 bits per heavy atom. The number of aryl methyl sites for hydroxylation is 1. The molecule has 2 aromatic rings. The number of primary amides is 1. The molecule has 0 fully saturated rings. The molecule has 6 nitrogen and oxygen atoms in total. The van der Waals surface area contributed by atoms with E-state index >= 15 is 0 Å². The quantitative estimate of drug-likeness (QED) is 0.277. The van der Waals surface area contributed by atoms with Crippen molar-refractivity contribution in [1.82, 2.24) is 0 Å². The summed E-state index contributed by atoms with van der Waals surface area (Å²) in [6.07, 6.45) is 2.51. The van der Waals surface area contributed by atoms with E-state index < -0.39 is 6.09 Å². The van der Waals surface area contributed by atoms with Gasteiger partial charge in [-0.05, 0) is 49.4 Å². The molecule has 0 radical (unpaired) electrons. The normalized spacial score (nSPS) is 9.80. The molecule has 7 heteroatoms. The van der Waals surface area contributed by atoms with Crippen LogP contribution in [0.15, 0.2) is 54.6 Å². The lowest BCUT2D eigenvalue weighted by Gasteiger charge is -2.07. The minimum absolute atomic E-state index is 0.172. The summed E-state index contributed by atoms with van der Waals surface area (Å²) < 4.78 is 15.1. The molecule has 0 heterocycles. The van der Waals surface area contributed by atoms with Crippen LogP contribution in [0.4, 0.5) is 4.79 Å². The summed E-state index contributed by atoms with van der Waals surface area (Å²) in [5, 5.41) is 1.01. The minimum atomic E-state index is -0.711. The molecule has 2 aromatic carbocycles. The van der Waals surface area contributed by atoms with Crippen molar-refractivity contribution in [2.24, 2.45) is 5.73 Å². The summed E-state index contributed by atoms with van der Waals surface area (Å²) in [7, 11) is 0. The number of alkyl halides is 1. The smallest absolute Gasteiger partial charge is 0.404 e. The summed E-state index contributed by atoms with van der Waals surface area (Å²) in [5.41, 5.74) is 6.66. The van der Waals surface area contributed by atoms with Gasteiger partial charge in [0.2, 0.25) is 0 Å². The van der Waals surface area contributed by atoms with Crippen LogP contribution < -0.4 is 10.5 Å². The Labute approximate surface area is 186 Å². The number of benzene rings is 2. The van der Waals surface area contributed by atoms with Crippen LogP contribution >= 0.6 is 15.9 Å². The standard InChI is InChI=1S/C20H23BrO3.C3H7NO2/c21-14-4-5-15-23-19-11-8-17(9-12-19)10-13-20(22)24-16-18-6-2-1-3-7-18;1-2-6-3(4)5/h1-3,6-9,11-12H,4-5,10,13-16H2;2H2,1H3,(H2,4,5). The molecule has 2 rings (SSSR count). The number of hydrogen-bond acceptors (Lipinski definition) is 5. The molecule has 0 saturated heterocycles. The third-order valence-corrected chi connectivity index (χ3v) is 4.43.